The summed E-state index contributed by atoms with van der Waals surface area (Å²) in [5.74, 6) is 1.34. The zero-order valence-corrected chi connectivity index (χ0v) is 19.9. The van der Waals surface area contributed by atoms with Gasteiger partial charge in [-0.15, -0.1) is 5.10 Å². The number of carbonyl (C=O) groups excluding carboxylic acids is 1. The smallest absolute Gasteiger partial charge is 0.308 e. The molecule has 0 spiro atoms. The molecule has 184 valence electrons. The van der Waals surface area contributed by atoms with E-state index in [0.717, 1.165) is 69.4 Å². The molecule has 0 bridgehead atoms. The number of rotatable bonds is 8. The SMILES string of the molecule is COC(=O)[C@H]1CCC[C@H](Oc2cnc(-c3nnn(C)c3COC3CCCCO3)nc2C2CC2)C1. The molecule has 1 unspecified atom stereocenters. The van der Waals surface area contributed by atoms with E-state index >= 15 is 0 Å². The first kappa shape index (κ1) is 23.2. The van der Waals surface area contributed by atoms with Crippen molar-refractivity contribution in [2.75, 3.05) is 13.7 Å². The maximum Gasteiger partial charge on any atom is 0.308 e. The van der Waals surface area contributed by atoms with Gasteiger partial charge < -0.3 is 18.9 Å². The van der Waals surface area contributed by atoms with Crippen molar-refractivity contribution in [3.63, 3.8) is 0 Å². The zero-order valence-electron chi connectivity index (χ0n) is 19.9. The predicted molar refractivity (Wildman–Crippen MR) is 121 cm³/mol. The molecular weight excluding hydrogens is 438 g/mol. The normalized spacial score (nSPS) is 25.2. The number of ether oxygens (including phenoxy) is 4. The van der Waals surface area contributed by atoms with Crippen LogP contribution in [0.25, 0.3) is 11.5 Å². The minimum Gasteiger partial charge on any atom is -0.487 e. The van der Waals surface area contributed by atoms with E-state index in [1.54, 1.807) is 10.9 Å². The summed E-state index contributed by atoms with van der Waals surface area (Å²) >= 11 is 0. The van der Waals surface area contributed by atoms with Gasteiger partial charge in [0.05, 0.1) is 43.3 Å². The van der Waals surface area contributed by atoms with Crippen LogP contribution in [-0.2, 0) is 32.7 Å². The molecule has 2 aliphatic carbocycles. The Bertz CT molecular complexity index is 1000. The van der Waals surface area contributed by atoms with Gasteiger partial charge in [-0.25, -0.2) is 14.6 Å². The van der Waals surface area contributed by atoms with Gasteiger partial charge in [-0.2, -0.15) is 0 Å². The summed E-state index contributed by atoms with van der Waals surface area (Å²) in [6, 6.07) is 0. The van der Waals surface area contributed by atoms with Crippen LogP contribution in [0.3, 0.4) is 0 Å². The van der Waals surface area contributed by atoms with E-state index in [0.29, 0.717) is 36.2 Å². The molecule has 2 aromatic rings. The van der Waals surface area contributed by atoms with Crippen LogP contribution in [0.4, 0.5) is 0 Å². The number of carbonyl (C=O) groups is 1. The Morgan fingerprint density at radius 3 is 2.82 bits per heavy atom. The van der Waals surface area contributed by atoms with Gasteiger partial charge in [-0.1, -0.05) is 5.21 Å². The average Bonchev–Trinajstić information content (AvgIpc) is 3.66. The first-order valence-corrected chi connectivity index (χ1v) is 12.4. The van der Waals surface area contributed by atoms with Crippen LogP contribution in [0.2, 0.25) is 0 Å². The maximum atomic E-state index is 12.0. The van der Waals surface area contributed by atoms with Crippen LogP contribution in [0, 0.1) is 5.92 Å². The second-order valence-corrected chi connectivity index (χ2v) is 9.46. The van der Waals surface area contributed by atoms with Gasteiger partial charge in [0.2, 0.25) is 0 Å². The molecule has 3 fully saturated rings. The van der Waals surface area contributed by atoms with Gasteiger partial charge in [0.1, 0.15) is 0 Å². The third-order valence-electron chi connectivity index (χ3n) is 6.90. The van der Waals surface area contributed by atoms with Crippen LogP contribution < -0.4 is 4.74 Å². The number of hydrogen-bond donors (Lipinski definition) is 0. The summed E-state index contributed by atoms with van der Waals surface area (Å²) in [5.41, 5.74) is 2.35. The lowest BCUT2D eigenvalue weighted by Crippen LogP contribution is -2.30. The van der Waals surface area contributed by atoms with E-state index < -0.39 is 0 Å². The zero-order chi connectivity index (χ0) is 23.5. The first-order valence-electron chi connectivity index (χ1n) is 12.4. The second kappa shape index (κ2) is 10.4. The average molecular weight is 472 g/mol. The quantitative estimate of drug-likeness (QED) is 0.535. The Balaban J connectivity index is 1.32. The third-order valence-corrected chi connectivity index (χ3v) is 6.90. The molecule has 3 heterocycles. The molecule has 2 aromatic heterocycles. The predicted octanol–water partition coefficient (Wildman–Crippen LogP) is 3.30. The molecule has 10 nitrogen and oxygen atoms in total. The lowest BCUT2D eigenvalue weighted by atomic mass is 9.87. The summed E-state index contributed by atoms with van der Waals surface area (Å²) in [6.07, 6.45) is 10.1. The van der Waals surface area contributed by atoms with Gasteiger partial charge >= 0.3 is 5.97 Å². The molecule has 5 rings (SSSR count). The Kier molecular flexibility index (Phi) is 7.05. The number of aromatic nitrogens is 5. The van der Waals surface area contributed by atoms with Gasteiger partial charge in [0.25, 0.3) is 0 Å². The third kappa shape index (κ3) is 5.22. The fourth-order valence-electron chi connectivity index (χ4n) is 4.78. The van der Waals surface area contributed by atoms with Crippen LogP contribution >= 0.6 is 0 Å². The largest absolute Gasteiger partial charge is 0.487 e. The molecule has 1 aliphatic heterocycles. The molecule has 0 N–H and O–H groups in total. The lowest BCUT2D eigenvalue weighted by Gasteiger charge is -2.28. The van der Waals surface area contributed by atoms with Gasteiger partial charge in [-0.3, -0.25) is 4.79 Å². The van der Waals surface area contributed by atoms with E-state index in [9.17, 15) is 4.79 Å². The molecule has 10 heteroatoms. The second-order valence-electron chi connectivity index (χ2n) is 9.46. The number of methoxy groups -OCH3 is 1. The molecule has 3 atom stereocenters. The Morgan fingerprint density at radius 2 is 2.06 bits per heavy atom. The standard InChI is InChI=1S/C24H33N5O5/c1-29-18(14-33-20-8-3-4-11-32-20)22(27-28-29)23-25-13-19(21(26-23)15-9-10-15)34-17-7-5-6-16(12-17)24(30)31-2/h13,15-17,20H,3-12,14H2,1-2H3/t16-,17-,20?/m0/s1. The summed E-state index contributed by atoms with van der Waals surface area (Å²) in [6.45, 7) is 1.07. The number of esters is 1. The molecule has 2 saturated carbocycles. The van der Waals surface area contributed by atoms with Crippen molar-refractivity contribution >= 4 is 5.97 Å². The number of nitrogens with zero attached hydrogens (tertiary/aromatic N) is 5. The minimum absolute atomic E-state index is 0.0410. The van der Waals surface area contributed by atoms with Crippen molar-refractivity contribution in [3.05, 3.63) is 17.6 Å². The fourth-order valence-corrected chi connectivity index (χ4v) is 4.78. The Morgan fingerprint density at radius 1 is 1.18 bits per heavy atom. The van der Waals surface area contributed by atoms with Crippen LogP contribution in [0.15, 0.2) is 6.20 Å². The van der Waals surface area contributed by atoms with Crippen molar-refractivity contribution in [3.8, 4) is 17.3 Å². The van der Waals surface area contributed by atoms with E-state index in [2.05, 4.69) is 15.3 Å². The highest BCUT2D eigenvalue weighted by Crippen LogP contribution is 2.44. The van der Waals surface area contributed by atoms with Crippen molar-refractivity contribution in [2.45, 2.75) is 82.7 Å². The fraction of sp³-hybridized carbons (Fsp3) is 0.708. The molecular formula is C24H33N5O5. The summed E-state index contributed by atoms with van der Waals surface area (Å²) < 4.78 is 24.7. The minimum atomic E-state index is -0.195. The van der Waals surface area contributed by atoms with Crippen LogP contribution in [-0.4, -0.2) is 57.0 Å². The van der Waals surface area contributed by atoms with Crippen molar-refractivity contribution in [1.29, 1.82) is 0 Å². The molecule has 0 aromatic carbocycles. The van der Waals surface area contributed by atoms with E-state index in [1.165, 1.54) is 7.11 Å². The highest BCUT2D eigenvalue weighted by molar-refractivity contribution is 5.72. The molecule has 0 radical (unpaired) electrons. The summed E-state index contributed by atoms with van der Waals surface area (Å²) in [5, 5.41) is 8.52. The van der Waals surface area contributed by atoms with Crippen molar-refractivity contribution < 1.29 is 23.7 Å². The Labute approximate surface area is 199 Å². The van der Waals surface area contributed by atoms with E-state index in [1.807, 2.05) is 7.05 Å². The first-order chi connectivity index (χ1) is 16.6. The van der Waals surface area contributed by atoms with Crippen molar-refractivity contribution in [1.82, 2.24) is 25.0 Å². The number of hydrogen-bond acceptors (Lipinski definition) is 9. The van der Waals surface area contributed by atoms with Crippen LogP contribution in [0.1, 0.15) is 75.1 Å². The topological polar surface area (TPSA) is 110 Å². The Hall–Kier alpha value is -2.59. The molecule has 1 saturated heterocycles. The van der Waals surface area contributed by atoms with Crippen molar-refractivity contribution in [2.24, 2.45) is 13.0 Å². The van der Waals surface area contributed by atoms with Gasteiger partial charge in [-0.05, 0) is 57.8 Å². The summed E-state index contributed by atoms with van der Waals surface area (Å²) in [4.78, 5) is 21.5. The highest BCUT2D eigenvalue weighted by atomic mass is 16.7. The monoisotopic (exact) mass is 471 g/mol. The summed E-state index contributed by atoms with van der Waals surface area (Å²) in [7, 11) is 3.29. The maximum absolute atomic E-state index is 12.0. The highest BCUT2D eigenvalue weighted by Gasteiger charge is 2.33. The van der Waals surface area contributed by atoms with E-state index in [4.69, 9.17) is 23.9 Å². The van der Waals surface area contributed by atoms with E-state index in [-0.39, 0.29) is 24.3 Å². The lowest BCUT2D eigenvalue weighted by molar-refractivity contribution is -0.169. The number of aryl methyl sites for hydroxylation is 1. The molecule has 3 aliphatic rings. The molecule has 0 amide bonds. The molecule has 34 heavy (non-hydrogen) atoms. The van der Waals surface area contributed by atoms with Gasteiger partial charge in [0.15, 0.2) is 23.6 Å². The van der Waals surface area contributed by atoms with Crippen LogP contribution in [0.5, 0.6) is 5.75 Å². The van der Waals surface area contributed by atoms with Gasteiger partial charge in [0, 0.05) is 19.6 Å².